The summed E-state index contributed by atoms with van der Waals surface area (Å²) in [6.45, 7) is 7.75. The van der Waals surface area contributed by atoms with Crippen molar-refractivity contribution >= 4 is 0 Å². The highest BCUT2D eigenvalue weighted by Gasteiger charge is 2.46. The molecule has 0 radical (unpaired) electrons. The van der Waals surface area contributed by atoms with Crippen LogP contribution >= 0.6 is 0 Å². The minimum Gasteiger partial charge on any atom is -0.618 e. The first kappa shape index (κ1) is 12.9. The van der Waals surface area contributed by atoms with Gasteiger partial charge in [0.2, 0.25) is 5.82 Å². The van der Waals surface area contributed by atoms with Crippen LogP contribution in [0.3, 0.4) is 0 Å². The molecule has 0 spiro atoms. The predicted molar refractivity (Wildman–Crippen MR) is 71.4 cm³/mol. The van der Waals surface area contributed by atoms with Crippen LogP contribution in [0, 0.1) is 5.21 Å². The summed E-state index contributed by atoms with van der Waals surface area (Å²) < 4.78 is 6.71. The van der Waals surface area contributed by atoms with Crippen molar-refractivity contribution in [2.24, 2.45) is 0 Å². The molecule has 0 amide bonds. The van der Waals surface area contributed by atoms with Crippen molar-refractivity contribution in [1.29, 1.82) is 0 Å². The fourth-order valence-corrected chi connectivity index (χ4v) is 2.60. The van der Waals surface area contributed by atoms with Gasteiger partial charge in [0.05, 0.1) is 0 Å². The molecule has 2 aromatic rings. The van der Waals surface area contributed by atoms with Crippen LogP contribution in [0.1, 0.15) is 39.1 Å². The smallest absolute Gasteiger partial charge is 0.263 e. The van der Waals surface area contributed by atoms with E-state index in [1.54, 1.807) is 18.2 Å². The van der Waals surface area contributed by atoms with Gasteiger partial charge in [-0.25, -0.2) is 4.98 Å². The SMILES string of the molecule is CC1(C)OC(C)(C)c2nc(-c3cccc[n+]3[O-])nnc21. The van der Waals surface area contributed by atoms with E-state index in [1.807, 2.05) is 27.7 Å². The van der Waals surface area contributed by atoms with Gasteiger partial charge in [0.1, 0.15) is 22.6 Å². The van der Waals surface area contributed by atoms with Gasteiger partial charge in [0, 0.05) is 12.1 Å². The standard InChI is InChI=1S/C14H16N4O2/c1-13(2)10-11(14(3,4)20-13)16-17-12(15-10)9-7-5-6-8-18(9)19/h5-8H,1-4H3. The van der Waals surface area contributed by atoms with E-state index in [-0.39, 0.29) is 0 Å². The zero-order valence-corrected chi connectivity index (χ0v) is 11.9. The van der Waals surface area contributed by atoms with Crippen LogP contribution in [0.5, 0.6) is 0 Å². The van der Waals surface area contributed by atoms with Gasteiger partial charge in [-0.2, -0.15) is 4.73 Å². The third kappa shape index (κ3) is 1.84. The van der Waals surface area contributed by atoms with Crippen molar-refractivity contribution in [2.45, 2.75) is 38.9 Å². The normalized spacial score (nSPS) is 18.8. The lowest BCUT2D eigenvalue weighted by Gasteiger charge is -2.23. The van der Waals surface area contributed by atoms with Crippen LogP contribution in [0.15, 0.2) is 24.4 Å². The van der Waals surface area contributed by atoms with Crippen LogP contribution in [-0.4, -0.2) is 15.2 Å². The molecule has 2 aromatic heterocycles. The van der Waals surface area contributed by atoms with Crippen molar-refractivity contribution < 1.29 is 9.47 Å². The van der Waals surface area contributed by atoms with Crippen molar-refractivity contribution in [3.63, 3.8) is 0 Å². The lowest BCUT2D eigenvalue weighted by Crippen LogP contribution is -2.29. The topological polar surface area (TPSA) is 74.8 Å². The lowest BCUT2D eigenvalue weighted by atomic mass is 10.0. The molecule has 1 aliphatic heterocycles. The number of rotatable bonds is 1. The fourth-order valence-electron chi connectivity index (χ4n) is 2.60. The molecule has 1 aliphatic rings. The second-order valence-electron chi connectivity index (χ2n) is 5.87. The Hall–Kier alpha value is -2.08. The average Bonchev–Trinajstić information content (AvgIpc) is 2.55. The molecule has 0 saturated heterocycles. The Kier molecular flexibility index (Phi) is 2.56. The molecule has 20 heavy (non-hydrogen) atoms. The van der Waals surface area contributed by atoms with Gasteiger partial charge in [-0.05, 0) is 33.8 Å². The number of pyridine rings is 1. The molecular weight excluding hydrogens is 256 g/mol. The summed E-state index contributed by atoms with van der Waals surface area (Å²) in [5.41, 5.74) is 0.757. The third-order valence-corrected chi connectivity index (χ3v) is 3.39. The Morgan fingerprint density at radius 2 is 1.75 bits per heavy atom. The Labute approximate surface area is 117 Å². The van der Waals surface area contributed by atoms with Gasteiger partial charge < -0.3 is 9.94 Å². The monoisotopic (exact) mass is 272 g/mol. The van der Waals surface area contributed by atoms with E-state index in [0.29, 0.717) is 11.5 Å². The Morgan fingerprint density at radius 1 is 1.05 bits per heavy atom. The van der Waals surface area contributed by atoms with Crippen molar-refractivity contribution in [1.82, 2.24) is 15.2 Å². The largest absolute Gasteiger partial charge is 0.618 e. The number of ether oxygens (including phenoxy) is 1. The fraction of sp³-hybridized carbons (Fsp3) is 0.429. The lowest BCUT2D eigenvalue weighted by molar-refractivity contribution is -0.594. The van der Waals surface area contributed by atoms with E-state index in [2.05, 4.69) is 15.2 Å². The second-order valence-corrected chi connectivity index (χ2v) is 5.87. The van der Waals surface area contributed by atoms with Gasteiger partial charge in [-0.15, -0.1) is 10.2 Å². The summed E-state index contributed by atoms with van der Waals surface area (Å²) in [5, 5.41) is 20.1. The van der Waals surface area contributed by atoms with E-state index in [1.165, 1.54) is 6.20 Å². The van der Waals surface area contributed by atoms with E-state index in [4.69, 9.17) is 4.74 Å². The second kappa shape index (κ2) is 3.96. The van der Waals surface area contributed by atoms with Crippen LogP contribution in [0.25, 0.3) is 11.5 Å². The molecule has 0 atom stereocenters. The zero-order chi connectivity index (χ0) is 14.5. The molecular formula is C14H16N4O2. The zero-order valence-electron chi connectivity index (χ0n) is 11.9. The van der Waals surface area contributed by atoms with Crippen LogP contribution in [-0.2, 0) is 15.9 Å². The van der Waals surface area contributed by atoms with Crippen molar-refractivity contribution in [2.75, 3.05) is 0 Å². The van der Waals surface area contributed by atoms with Gasteiger partial charge in [-0.3, -0.25) is 0 Å². The average molecular weight is 272 g/mol. The Morgan fingerprint density at radius 3 is 2.45 bits per heavy atom. The number of hydrogen-bond donors (Lipinski definition) is 0. The third-order valence-electron chi connectivity index (χ3n) is 3.39. The number of nitrogens with zero attached hydrogens (tertiary/aromatic N) is 4. The van der Waals surface area contributed by atoms with E-state index >= 15 is 0 Å². The molecule has 0 aliphatic carbocycles. The van der Waals surface area contributed by atoms with Gasteiger partial charge >= 0.3 is 0 Å². The van der Waals surface area contributed by atoms with Crippen LogP contribution < -0.4 is 4.73 Å². The van der Waals surface area contributed by atoms with Gasteiger partial charge in [-0.1, -0.05) is 0 Å². The summed E-state index contributed by atoms with van der Waals surface area (Å²) in [5.74, 6) is 0.314. The molecule has 0 aromatic carbocycles. The minimum atomic E-state index is -0.550. The maximum atomic E-state index is 11.8. The molecule has 0 fully saturated rings. The quantitative estimate of drug-likeness (QED) is 0.583. The first-order valence-corrected chi connectivity index (χ1v) is 6.46. The molecule has 3 heterocycles. The molecule has 0 bridgehead atoms. The molecule has 104 valence electrons. The van der Waals surface area contributed by atoms with Crippen LogP contribution in [0.4, 0.5) is 0 Å². The highest BCUT2D eigenvalue weighted by Crippen LogP contribution is 2.44. The van der Waals surface area contributed by atoms with Crippen LogP contribution in [0.2, 0.25) is 0 Å². The number of hydrogen-bond acceptors (Lipinski definition) is 5. The van der Waals surface area contributed by atoms with Gasteiger partial charge in [0.15, 0.2) is 6.20 Å². The predicted octanol–water partition coefficient (Wildman–Crippen LogP) is 1.67. The van der Waals surface area contributed by atoms with E-state index in [0.717, 1.165) is 16.1 Å². The summed E-state index contributed by atoms with van der Waals surface area (Å²) in [4.78, 5) is 4.51. The highest BCUT2D eigenvalue weighted by molar-refractivity contribution is 5.45. The summed E-state index contributed by atoms with van der Waals surface area (Å²) in [6.07, 6.45) is 1.41. The molecule has 0 N–H and O–H groups in total. The van der Waals surface area contributed by atoms with E-state index in [9.17, 15) is 5.21 Å². The number of aromatic nitrogens is 4. The minimum absolute atomic E-state index is 0.314. The molecule has 6 heteroatoms. The first-order valence-electron chi connectivity index (χ1n) is 6.46. The molecule has 3 rings (SSSR count). The Bertz CT molecular complexity index is 683. The van der Waals surface area contributed by atoms with Crippen molar-refractivity contribution in [3.05, 3.63) is 41.0 Å². The summed E-state index contributed by atoms with van der Waals surface area (Å²) >= 11 is 0. The highest BCUT2D eigenvalue weighted by atomic mass is 16.5. The number of fused-ring (bicyclic) bond motifs is 1. The van der Waals surface area contributed by atoms with E-state index < -0.39 is 11.2 Å². The summed E-state index contributed by atoms with van der Waals surface area (Å²) in [6, 6.07) is 5.10. The molecule has 6 nitrogen and oxygen atoms in total. The summed E-state index contributed by atoms with van der Waals surface area (Å²) in [7, 11) is 0. The van der Waals surface area contributed by atoms with Gasteiger partial charge in [0.25, 0.3) is 5.69 Å². The van der Waals surface area contributed by atoms with Crippen molar-refractivity contribution in [3.8, 4) is 11.5 Å². The first-order chi connectivity index (χ1) is 9.31. The molecule has 0 unspecified atom stereocenters. The maximum Gasteiger partial charge on any atom is 0.263 e. The maximum absolute atomic E-state index is 11.8. The Balaban J connectivity index is 2.18. The molecule has 0 saturated carbocycles.